The van der Waals surface area contributed by atoms with Crippen molar-refractivity contribution in [2.45, 2.75) is 47.9 Å². The molecule has 3 aromatic carbocycles. The summed E-state index contributed by atoms with van der Waals surface area (Å²) >= 11 is 8.19. The maximum absolute atomic E-state index is 13.2. The number of nitrogens with two attached hydrogens (primary N) is 1. The molecule has 0 saturated carbocycles. The lowest BCUT2D eigenvalue weighted by Gasteiger charge is -2.33. The summed E-state index contributed by atoms with van der Waals surface area (Å²) in [7, 11) is -7.26. The molecular weight excluding hydrogens is 821 g/mol. The van der Waals surface area contributed by atoms with Gasteiger partial charge in [0.2, 0.25) is 0 Å². The monoisotopic (exact) mass is 861 g/mol. The standard InChI is InChI=1S/C23H23ClFN3O4S2.C14H18N4O2S2/c24-21-14-19(3-6-22(21)25)32-15-18(29)13-16-7-10-28(11-8-16)17-1-4-20(5-2-17)34(30,31)27-23-26-9-12-33-23;15-11-5-8-18(9-6-11)12-1-3-13(4-2-12)22(19,20)17-14-16-7-10-21-14/h1-6,9,12,14,16H,7-8,10-11,13,15H2,(H,26,27);1-4,7,10-11H,5-6,8-9,15H2,(H,16,17). The van der Waals surface area contributed by atoms with Gasteiger partial charge in [-0.05, 0) is 92.3 Å². The molecule has 0 unspecified atom stereocenters. The van der Waals surface area contributed by atoms with Crippen LogP contribution in [0, 0.1) is 11.7 Å². The van der Waals surface area contributed by atoms with Gasteiger partial charge in [-0.2, -0.15) is 0 Å². The van der Waals surface area contributed by atoms with Gasteiger partial charge >= 0.3 is 0 Å². The Labute approximate surface area is 338 Å². The van der Waals surface area contributed by atoms with Crippen molar-refractivity contribution in [3.05, 3.63) is 101 Å². The minimum Gasteiger partial charge on any atom is -0.486 e. The number of nitrogens with one attached hydrogen (secondary N) is 2. The van der Waals surface area contributed by atoms with Crippen LogP contribution < -0.4 is 29.7 Å². The van der Waals surface area contributed by atoms with Crippen molar-refractivity contribution in [2.24, 2.45) is 11.7 Å². The zero-order chi connectivity index (χ0) is 39.7. The van der Waals surface area contributed by atoms with Crippen LogP contribution in [-0.4, -0.2) is 71.4 Å². The average molecular weight is 862 g/mol. The van der Waals surface area contributed by atoms with E-state index in [0.29, 0.717) is 22.4 Å². The maximum Gasteiger partial charge on any atom is 0.263 e. The van der Waals surface area contributed by atoms with E-state index < -0.39 is 25.9 Å². The van der Waals surface area contributed by atoms with E-state index in [1.807, 2.05) is 12.1 Å². The fraction of sp³-hybridized carbons (Fsp3) is 0.324. The molecule has 4 heterocycles. The number of nitrogens with zero attached hydrogens (tertiary/aromatic N) is 4. The van der Waals surface area contributed by atoms with Crippen LogP contribution in [0.5, 0.6) is 5.75 Å². The number of ether oxygens (including phenoxy) is 1. The normalized spacial score (nSPS) is 15.5. The van der Waals surface area contributed by atoms with Crippen LogP contribution in [0.2, 0.25) is 5.02 Å². The third-order valence-corrected chi connectivity index (χ3v) is 13.9. The van der Waals surface area contributed by atoms with Crippen molar-refractivity contribution in [3.63, 3.8) is 0 Å². The SMILES string of the molecule is NC1CCN(c2ccc(S(=O)(=O)Nc3nccs3)cc2)CC1.O=C(COc1ccc(F)c(Cl)c1)CC1CCN(c2ccc(S(=O)(=O)Nc3nccs3)cc2)CC1. The molecule has 2 aromatic heterocycles. The number of rotatable bonds is 13. The summed E-state index contributed by atoms with van der Waals surface area (Å²) < 4.78 is 73.1. The number of anilines is 4. The highest BCUT2D eigenvalue weighted by atomic mass is 35.5. The summed E-state index contributed by atoms with van der Waals surface area (Å²) in [4.78, 5) is 25.0. The van der Waals surface area contributed by atoms with Gasteiger partial charge in [0.25, 0.3) is 20.0 Å². The van der Waals surface area contributed by atoms with Gasteiger partial charge in [-0.15, -0.1) is 22.7 Å². The zero-order valence-electron chi connectivity index (χ0n) is 30.1. The second-order valence-corrected chi connectivity index (χ2v) is 18.8. The fourth-order valence-electron chi connectivity index (χ4n) is 6.23. The molecule has 2 saturated heterocycles. The number of carbonyl (C=O) groups is 1. The van der Waals surface area contributed by atoms with E-state index in [0.717, 1.165) is 63.2 Å². The van der Waals surface area contributed by atoms with Gasteiger partial charge < -0.3 is 20.3 Å². The lowest BCUT2D eigenvalue weighted by molar-refractivity contribution is -0.122. The van der Waals surface area contributed by atoms with E-state index in [1.54, 1.807) is 53.4 Å². The second kappa shape index (κ2) is 18.7. The molecule has 56 heavy (non-hydrogen) atoms. The minimum absolute atomic E-state index is 0.0128. The van der Waals surface area contributed by atoms with Crippen LogP contribution in [-0.2, 0) is 24.8 Å². The quantitative estimate of drug-likeness (QED) is 0.113. The molecule has 0 atom stereocenters. The van der Waals surface area contributed by atoms with E-state index in [4.69, 9.17) is 22.1 Å². The minimum atomic E-state index is -3.68. The van der Waals surface area contributed by atoms with Gasteiger partial charge in [0.15, 0.2) is 16.0 Å². The first-order valence-corrected chi connectivity index (χ1v) is 22.8. The lowest BCUT2D eigenvalue weighted by atomic mass is 9.91. The summed E-state index contributed by atoms with van der Waals surface area (Å²) in [6.45, 7) is 3.29. The molecule has 0 radical (unpaired) electrons. The second-order valence-electron chi connectivity index (χ2n) is 13.2. The number of aromatic nitrogens is 2. The van der Waals surface area contributed by atoms with Gasteiger partial charge in [-0.25, -0.2) is 31.2 Å². The number of benzene rings is 3. The molecule has 19 heteroatoms. The maximum atomic E-state index is 13.2. The van der Waals surface area contributed by atoms with Crippen molar-refractivity contribution in [1.82, 2.24) is 9.97 Å². The molecule has 298 valence electrons. The molecule has 5 aromatic rings. The number of ketones is 1. The first-order valence-electron chi connectivity index (χ1n) is 17.7. The van der Waals surface area contributed by atoms with E-state index in [2.05, 4.69) is 29.2 Å². The number of sulfonamides is 2. The van der Waals surface area contributed by atoms with Crippen molar-refractivity contribution in [3.8, 4) is 5.75 Å². The fourth-order valence-corrected chi connectivity index (χ4v) is 9.98. The van der Waals surface area contributed by atoms with Crippen LogP contribution >= 0.6 is 34.3 Å². The molecule has 0 bridgehead atoms. The molecule has 2 fully saturated rings. The van der Waals surface area contributed by atoms with E-state index in [9.17, 15) is 26.0 Å². The van der Waals surface area contributed by atoms with Crippen LogP contribution in [0.4, 0.5) is 26.0 Å². The molecule has 13 nitrogen and oxygen atoms in total. The Morgan fingerprint density at radius 1 is 0.786 bits per heavy atom. The highest BCUT2D eigenvalue weighted by molar-refractivity contribution is 7.93. The molecule has 0 amide bonds. The Bertz CT molecular complexity index is 2250. The summed E-state index contributed by atoms with van der Waals surface area (Å²) in [6, 6.07) is 18.0. The van der Waals surface area contributed by atoms with E-state index in [-0.39, 0.29) is 39.2 Å². The van der Waals surface area contributed by atoms with Crippen molar-refractivity contribution in [2.75, 3.05) is 52.0 Å². The van der Waals surface area contributed by atoms with Crippen molar-refractivity contribution in [1.29, 1.82) is 0 Å². The van der Waals surface area contributed by atoms with Gasteiger partial charge in [-0.1, -0.05) is 11.6 Å². The number of piperidine rings is 2. The highest BCUT2D eigenvalue weighted by Gasteiger charge is 2.23. The third-order valence-electron chi connectivity index (χ3n) is 9.29. The lowest BCUT2D eigenvalue weighted by Crippen LogP contribution is -2.39. The van der Waals surface area contributed by atoms with Crippen molar-refractivity contribution >= 4 is 81.7 Å². The van der Waals surface area contributed by atoms with E-state index >= 15 is 0 Å². The number of carbonyl (C=O) groups excluding carboxylic acids is 1. The summed E-state index contributed by atoms with van der Waals surface area (Å²) in [5.74, 6) is 0.0742. The number of hydrogen-bond donors (Lipinski definition) is 3. The Morgan fingerprint density at radius 2 is 1.27 bits per heavy atom. The Kier molecular flexibility index (Phi) is 13.8. The highest BCUT2D eigenvalue weighted by Crippen LogP contribution is 2.28. The molecule has 7 rings (SSSR count). The van der Waals surface area contributed by atoms with Gasteiger partial charge in [0.05, 0.1) is 14.8 Å². The van der Waals surface area contributed by atoms with Gasteiger partial charge in [0, 0.05) is 79.2 Å². The third kappa shape index (κ3) is 11.4. The summed E-state index contributed by atoms with van der Waals surface area (Å²) in [5, 5.41) is 4.08. The zero-order valence-corrected chi connectivity index (χ0v) is 34.1. The summed E-state index contributed by atoms with van der Waals surface area (Å²) in [5.41, 5.74) is 7.87. The van der Waals surface area contributed by atoms with Crippen LogP contribution in [0.15, 0.2) is 99.7 Å². The Balaban J connectivity index is 0.000000208. The first kappa shape index (κ1) is 41.3. The Morgan fingerprint density at radius 3 is 1.71 bits per heavy atom. The number of hydrogen-bond acceptors (Lipinski definition) is 13. The largest absolute Gasteiger partial charge is 0.486 e. The summed E-state index contributed by atoms with van der Waals surface area (Å²) in [6.07, 6.45) is 7.14. The Hall–Kier alpha value is -4.33. The number of Topliss-reactive ketones (excluding diaryl/α,β-unsaturated/α-hetero) is 1. The van der Waals surface area contributed by atoms with E-state index in [1.165, 1.54) is 47.1 Å². The van der Waals surface area contributed by atoms with Gasteiger partial charge in [0.1, 0.15) is 18.2 Å². The molecule has 0 spiro atoms. The smallest absolute Gasteiger partial charge is 0.263 e. The van der Waals surface area contributed by atoms with Gasteiger partial charge in [-0.3, -0.25) is 14.2 Å². The predicted octanol–water partition coefficient (Wildman–Crippen LogP) is 6.86. The van der Waals surface area contributed by atoms with Crippen molar-refractivity contribution < 1.29 is 30.8 Å². The molecule has 0 aliphatic carbocycles. The molecule has 2 aliphatic rings. The average Bonchev–Trinajstić information content (AvgIpc) is 3.91. The molecule has 4 N–H and O–H groups in total. The molecular formula is C37H41ClFN7O6S4. The number of halogens is 2. The topological polar surface area (TPSA) is 177 Å². The van der Waals surface area contributed by atoms with Crippen LogP contribution in [0.3, 0.4) is 0 Å². The first-order chi connectivity index (χ1) is 26.8. The van der Waals surface area contributed by atoms with Crippen LogP contribution in [0.1, 0.15) is 32.1 Å². The predicted molar refractivity (Wildman–Crippen MR) is 220 cm³/mol. The number of thiazole rings is 2. The molecule has 2 aliphatic heterocycles. The van der Waals surface area contributed by atoms with Crippen LogP contribution in [0.25, 0.3) is 0 Å².